The van der Waals surface area contributed by atoms with Gasteiger partial charge >= 0.3 is 0 Å². The Balaban J connectivity index is 2.46. The summed E-state index contributed by atoms with van der Waals surface area (Å²) in [6, 6.07) is 0. The first-order valence-electron chi connectivity index (χ1n) is 4.58. The van der Waals surface area contributed by atoms with Crippen LogP contribution in [0.1, 0.15) is 13.8 Å². The van der Waals surface area contributed by atoms with Gasteiger partial charge in [0.25, 0.3) is 0 Å². The van der Waals surface area contributed by atoms with E-state index in [2.05, 4.69) is 0 Å². The number of ether oxygens (including phenoxy) is 2. The number of nitrogens with zero attached hydrogens (tertiary/aromatic N) is 1. The summed E-state index contributed by atoms with van der Waals surface area (Å²) in [7, 11) is 1.59. The zero-order valence-electron chi connectivity index (χ0n) is 8.45. The molecule has 1 rings (SSSR count). The Bertz CT molecular complexity index is 182. The lowest BCUT2D eigenvalue weighted by molar-refractivity contribution is -0.176. The third kappa shape index (κ3) is 2.67. The molecule has 1 unspecified atom stereocenters. The molecular weight excluding hydrogens is 170 g/mol. The Hall–Kier alpha value is -0.610. The number of carbonyl (C=O) groups excluding carboxylic acids is 1. The van der Waals surface area contributed by atoms with Crippen LogP contribution in [0.15, 0.2) is 0 Å². The van der Waals surface area contributed by atoms with Crippen LogP contribution in [0.25, 0.3) is 0 Å². The zero-order chi connectivity index (χ0) is 9.84. The van der Waals surface area contributed by atoms with Gasteiger partial charge < -0.3 is 14.4 Å². The van der Waals surface area contributed by atoms with Crippen molar-refractivity contribution in [2.75, 3.05) is 26.8 Å². The van der Waals surface area contributed by atoms with Crippen LogP contribution in [0.5, 0.6) is 0 Å². The number of methoxy groups -OCH3 is 1. The second kappa shape index (κ2) is 4.58. The predicted octanol–water partition coefficient (Wildman–Crippen LogP) is 0.474. The molecule has 4 nitrogen and oxygen atoms in total. The van der Waals surface area contributed by atoms with Crippen LogP contribution < -0.4 is 0 Å². The molecule has 1 aliphatic rings. The monoisotopic (exact) mass is 187 g/mol. The van der Waals surface area contributed by atoms with E-state index in [9.17, 15) is 4.79 Å². The van der Waals surface area contributed by atoms with Gasteiger partial charge in [-0.3, -0.25) is 4.79 Å². The maximum atomic E-state index is 11.6. The van der Waals surface area contributed by atoms with Gasteiger partial charge in [-0.05, 0) is 0 Å². The highest BCUT2D eigenvalue weighted by Gasteiger charge is 2.25. The van der Waals surface area contributed by atoms with Crippen molar-refractivity contribution in [3.8, 4) is 0 Å². The van der Waals surface area contributed by atoms with Gasteiger partial charge in [-0.1, -0.05) is 13.8 Å². The highest BCUT2D eigenvalue weighted by molar-refractivity contribution is 5.78. The number of rotatable bonds is 2. The predicted molar refractivity (Wildman–Crippen MR) is 48.2 cm³/mol. The quantitative estimate of drug-likeness (QED) is 0.631. The van der Waals surface area contributed by atoms with Gasteiger partial charge in [0.1, 0.15) is 0 Å². The number of hydrogen-bond donors (Lipinski definition) is 0. The molecule has 0 N–H and O–H groups in total. The van der Waals surface area contributed by atoms with E-state index in [4.69, 9.17) is 9.47 Å². The van der Waals surface area contributed by atoms with Gasteiger partial charge in [0.05, 0.1) is 13.2 Å². The highest BCUT2D eigenvalue weighted by atomic mass is 16.7. The summed E-state index contributed by atoms with van der Waals surface area (Å²) in [4.78, 5) is 13.4. The average Bonchev–Trinajstić information content (AvgIpc) is 2.16. The van der Waals surface area contributed by atoms with Crippen molar-refractivity contribution in [1.82, 2.24) is 4.90 Å². The average molecular weight is 187 g/mol. The first-order valence-corrected chi connectivity index (χ1v) is 4.58. The molecule has 0 bridgehead atoms. The fraction of sp³-hybridized carbons (Fsp3) is 0.889. The molecule has 1 fully saturated rings. The summed E-state index contributed by atoms with van der Waals surface area (Å²) < 4.78 is 10.3. The van der Waals surface area contributed by atoms with Crippen LogP contribution in [0.2, 0.25) is 0 Å². The number of carbonyl (C=O) groups is 1. The summed E-state index contributed by atoms with van der Waals surface area (Å²) in [5.74, 6) is 0.223. The van der Waals surface area contributed by atoms with Gasteiger partial charge in [0, 0.05) is 19.6 Å². The summed E-state index contributed by atoms with van der Waals surface area (Å²) in [5.41, 5.74) is 0. The first kappa shape index (κ1) is 10.5. The standard InChI is InChI=1S/C9H17NO3/c1-7(2)9(11)10-4-5-13-8(6-10)12-3/h7-8H,4-6H2,1-3H3. The minimum atomic E-state index is -0.253. The van der Waals surface area contributed by atoms with Crippen LogP contribution in [0.3, 0.4) is 0 Å². The molecule has 0 saturated carbocycles. The fourth-order valence-corrected chi connectivity index (χ4v) is 1.33. The third-order valence-electron chi connectivity index (χ3n) is 2.10. The van der Waals surface area contributed by atoms with E-state index >= 15 is 0 Å². The summed E-state index contributed by atoms with van der Waals surface area (Å²) in [5, 5.41) is 0. The minimum Gasteiger partial charge on any atom is -0.354 e. The van der Waals surface area contributed by atoms with Crippen molar-refractivity contribution in [3.05, 3.63) is 0 Å². The molecule has 0 aliphatic carbocycles. The molecule has 0 spiro atoms. The minimum absolute atomic E-state index is 0.0515. The molecule has 1 aliphatic heterocycles. The molecule has 0 aromatic rings. The number of hydrogen-bond acceptors (Lipinski definition) is 3. The lowest BCUT2D eigenvalue weighted by Crippen LogP contribution is -2.47. The molecule has 1 atom stereocenters. The molecule has 0 radical (unpaired) electrons. The molecular formula is C9H17NO3. The van der Waals surface area contributed by atoms with Crippen molar-refractivity contribution in [2.45, 2.75) is 20.1 Å². The van der Waals surface area contributed by atoms with Crippen LogP contribution in [-0.2, 0) is 14.3 Å². The molecule has 1 heterocycles. The Kier molecular flexibility index (Phi) is 3.69. The van der Waals surface area contributed by atoms with Crippen LogP contribution >= 0.6 is 0 Å². The van der Waals surface area contributed by atoms with Crippen molar-refractivity contribution >= 4 is 5.91 Å². The second-order valence-corrected chi connectivity index (χ2v) is 3.48. The molecule has 1 saturated heterocycles. The van der Waals surface area contributed by atoms with E-state index < -0.39 is 0 Å². The first-order chi connectivity index (χ1) is 6.15. The lowest BCUT2D eigenvalue weighted by Gasteiger charge is -2.32. The molecule has 0 aromatic carbocycles. The van der Waals surface area contributed by atoms with Crippen LogP contribution in [0, 0.1) is 5.92 Å². The SMILES string of the molecule is COC1CN(C(=O)C(C)C)CCO1. The van der Waals surface area contributed by atoms with Gasteiger partial charge in [-0.15, -0.1) is 0 Å². The normalized spacial score (nSPS) is 23.7. The number of morpholine rings is 1. The van der Waals surface area contributed by atoms with E-state index in [-0.39, 0.29) is 18.1 Å². The fourth-order valence-electron chi connectivity index (χ4n) is 1.33. The topological polar surface area (TPSA) is 38.8 Å². The Labute approximate surface area is 78.8 Å². The molecule has 4 heteroatoms. The summed E-state index contributed by atoms with van der Waals surface area (Å²) >= 11 is 0. The zero-order valence-corrected chi connectivity index (χ0v) is 8.45. The van der Waals surface area contributed by atoms with E-state index in [0.29, 0.717) is 19.7 Å². The van der Waals surface area contributed by atoms with E-state index in [1.165, 1.54) is 0 Å². The second-order valence-electron chi connectivity index (χ2n) is 3.48. The van der Waals surface area contributed by atoms with E-state index in [1.54, 1.807) is 12.0 Å². The van der Waals surface area contributed by atoms with Gasteiger partial charge in [-0.2, -0.15) is 0 Å². The lowest BCUT2D eigenvalue weighted by atomic mass is 10.2. The van der Waals surface area contributed by atoms with Crippen LogP contribution in [0.4, 0.5) is 0 Å². The van der Waals surface area contributed by atoms with Crippen molar-refractivity contribution in [2.24, 2.45) is 5.92 Å². The van der Waals surface area contributed by atoms with Crippen molar-refractivity contribution in [3.63, 3.8) is 0 Å². The third-order valence-corrected chi connectivity index (χ3v) is 2.10. The van der Waals surface area contributed by atoms with E-state index in [1.807, 2.05) is 13.8 Å². The Morgan fingerprint density at radius 2 is 2.31 bits per heavy atom. The maximum absolute atomic E-state index is 11.6. The van der Waals surface area contributed by atoms with Gasteiger partial charge in [0.15, 0.2) is 6.29 Å². The highest BCUT2D eigenvalue weighted by Crippen LogP contribution is 2.09. The van der Waals surface area contributed by atoms with E-state index in [0.717, 1.165) is 0 Å². The summed E-state index contributed by atoms with van der Waals surface area (Å²) in [6.45, 7) is 5.60. The summed E-state index contributed by atoms with van der Waals surface area (Å²) in [6.07, 6.45) is -0.253. The molecule has 0 aromatic heterocycles. The largest absolute Gasteiger partial charge is 0.354 e. The molecule has 13 heavy (non-hydrogen) atoms. The smallest absolute Gasteiger partial charge is 0.225 e. The van der Waals surface area contributed by atoms with Crippen LogP contribution in [-0.4, -0.2) is 43.9 Å². The molecule has 76 valence electrons. The van der Waals surface area contributed by atoms with Gasteiger partial charge in [0.2, 0.25) is 5.91 Å². The van der Waals surface area contributed by atoms with Gasteiger partial charge in [-0.25, -0.2) is 0 Å². The Morgan fingerprint density at radius 1 is 1.62 bits per heavy atom. The van der Waals surface area contributed by atoms with Crippen molar-refractivity contribution in [1.29, 1.82) is 0 Å². The number of amides is 1. The van der Waals surface area contributed by atoms with Crippen molar-refractivity contribution < 1.29 is 14.3 Å². The molecule has 1 amide bonds. The maximum Gasteiger partial charge on any atom is 0.225 e. The Morgan fingerprint density at radius 3 is 2.85 bits per heavy atom.